The lowest BCUT2D eigenvalue weighted by Crippen LogP contribution is -2.41. The first kappa shape index (κ1) is 22.4. The van der Waals surface area contributed by atoms with E-state index >= 15 is 0 Å². The van der Waals surface area contributed by atoms with Crippen molar-refractivity contribution in [2.75, 3.05) is 7.11 Å². The van der Waals surface area contributed by atoms with Gasteiger partial charge in [-0.25, -0.2) is 4.79 Å². The van der Waals surface area contributed by atoms with Crippen LogP contribution in [0.15, 0.2) is 66.7 Å². The summed E-state index contributed by atoms with van der Waals surface area (Å²) >= 11 is 6.37. The summed E-state index contributed by atoms with van der Waals surface area (Å²) in [4.78, 5) is 26.8. The van der Waals surface area contributed by atoms with Crippen molar-refractivity contribution in [3.05, 3.63) is 88.4 Å². The lowest BCUT2D eigenvalue weighted by atomic mass is 9.99. The van der Waals surface area contributed by atoms with E-state index in [-0.39, 0.29) is 5.91 Å². The van der Waals surface area contributed by atoms with Crippen LogP contribution >= 0.6 is 11.6 Å². The number of para-hydroxylation sites is 1. The molecule has 0 aromatic heterocycles. The minimum Gasteiger partial charge on any atom is -0.495 e. The Labute approximate surface area is 196 Å². The highest BCUT2D eigenvalue weighted by atomic mass is 35.5. The number of hydrogen-bond donors (Lipinski definition) is 1. The van der Waals surface area contributed by atoms with Gasteiger partial charge in [-0.2, -0.15) is 5.26 Å². The molecule has 0 spiro atoms. The molecule has 3 aromatic rings. The number of carbonyl (C=O) groups is 2. The Kier molecular flexibility index (Phi) is 6.34. The maximum atomic E-state index is 13.5. The molecule has 0 unspecified atom stereocenters. The number of carbonyl (C=O) groups excluding carboxylic acids is 1. The molecule has 1 fully saturated rings. The molecular weight excluding hydrogens is 440 g/mol. The Morgan fingerprint density at radius 1 is 1.06 bits per heavy atom. The number of nitrogens with zero attached hydrogens (tertiary/aromatic N) is 2. The van der Waals surface area contributed by atoms with Crippen LogP contribution < -0.4 is 4.74 Å². The van der Waals surface area contributed by atoms with Gasteiger partial charge in [0.2, 0.25) is 0 Å². The number of carboxylic acids is 1. The van der Waals surface area contributed by atoms with Gasteiger partial charge in [-0.3, -0.25) is 4.79 Å². The number of nitriles is 1. The number of carboxylic acid groups (broad SMARTS) is 1. The Morgan fingerprint density at radius 3 is 2.42 bits per heavy atom. The lowest BCUT2D eigenvalue weighted by molar-refractivity contribution is -0.141. The number of rotatable bonds is 5. The molecular formula is C26H21ClN2O4. The SMILES string of the molecule is COc1c(C#N)cccc1-c1ccc(C(=O)N2[C@@H](c3ccccc3Cl)CC[C@H]2C(=O)O)cc1. The van der Waals surface area contributed by atoms with Crippen LogP contribution in [0.3, 0.4) is 0 Å². The third-order valence-electron chi connectivity index (χ3n) is 5.95. The van der Waals surface area contributed by atoms with Gasteiger partial charge in [0.15, 0.2) is 0 Å². The summed E-state index contributed by atoms with van der Waals surface area (Å²) < 4.78 is 5.42. The van der Waals surface area contributed by atoms with Gasteiger partial charge in [0.1, 0.15) is 17.9 Å². The first-order valence-electron chi connectivity index (χ1n) is 10.4. The van der Waals surface area contributed by atoms with Gasteiger partial charge in [0, 0.05) is 16.1 Å². The van der Waals surface area contributed by atoms with E-state index < -0.39 is 18.1 Å². The highest BCUT2D eigenvalue weighted by Gasteiger charge is 2.42. The number of likely N-dealkylation sites (tertiary alicyclic amines) is 1. The molecule has 0 saturated carbocycles. The third-order valence-corrected chi connectivity index (χ3v) is 6.30. The molecule has 7 heteroatoms. The molecule has 6 nitrogen and oxygen atoms in total. The smallest absolute Gasteiger partial charge is 0.326 e. The van der Waals surface area contributed by atoms with Gasteiger partial charge in [0.25, 0.3) is 5.91 Å². The standard InChI is InChI=1S/C26H21ClN2O4/c1-33-24-18(15-28)5-4-7-19(24)16-9-11-17(12-10-16)25(30)29-22(13-14-23(29)26(31)32)20-6-2-3-8-21(20)27/h2-12,22-23H,13-14H2,1H3,(H,31,32)/t22-,23+/m1/s1. The molecule has 1 heterocycles. The van der Waals surface area contributed by atoms with E-state index in [9.17, 15) is 20.0 Å². The zero-order chi connectivity index (χ0) is 23.5. The Bertz CT molecular complexity index is 1250. The van der Waals surface area contributed by atoms with Crippen molar-refractivity contribution >= 4 is 23.5 Å². The molecule has 0 bridgehead atoms. The number of methoxy groups -OCH3 is 1. The molecule has 3 aromatic carbocycles. The largest absolute Gasteiger partial charge is 0.495 e. The Balaban J connectivity index is 1.69. The van der Waals surface area contributed by atoms with Crippen LogP contribution in [-0.4, -0.2) is 35.0 Å². The van der Waals surface area contributed by atoms with Gasteiger partial charge in [-0.1, -0.05) is 54.1 Å². The fourth-order valence-electron chi connectivity index (χ4n) is 4.40. The molecule has 1 saturated heterocycles. The minimum atomic E-state index is -1.03. The number of hydrogen-bond acceptors (Lipinski definition) is 4. The predicted molar refractivity (Wildman–Crippen MR) is 124 cm³/mol. The van der Waals surface area contributed by atoms with Gasteiger partial charge in [-0.15, -0.1) is 0 Å². The maximum absolute atomic E-state index is 13.5. The number of halogens is 1. The van der Waals surface area contributed by atoms with Crippen LogP contribution in [0.1, 0.15) is 40.4 Å². The van der Waals surface area contributed by atoms with Crippen molar-refractivity contribution < 1.29 is 19.4 Å². The molecule has 33 heavy (non-hydrogen) atoms. The summed E-state index contributed by atoms with van der Waals surface area (Å²) in [5.41, 5.74) is 3.04. The number of ether oxygens (including phenoxy) is 1. The maximum Gasteiger partial charge on any atom is 0.326 e. The van der Waals surface area contributed by atoms with Crippen LogP contribution in [-0.2, 0) is 4.79 Å². The van der Waals surface area contributed by atoms with Gasteiger partial charge >= 0.3 is 5.97 Å². The van der Waals surface area contributed by atoms with E-state index in [0.717, 1.165) is 16.7 Å². The zero-order valence-electron chi connectivity index (χ0n) is 17.9. The average molecular weight is 461 g/mol. The molecule has 1 aliphatic heterocycles. The second-order valence-electron chi connectivity index (χ2n) is 7.76. The number of aliphatic carboxylic acids is 1. The first-order valence-corrected chi connectivity index (χ1v) is 10.8. The quantitative estimate of drug-likeness (QED) is 0.556. The van der Waals surface area contributed by atoms with Crippen molar-refractivity contribution in [1.82, 2.24) is 4.90 Å². The summed E-state index contributed by atoms with van der Waals surface area (Å²) in [6.07, 6.45) is 0.871. The molecule has 2 atom stereocenters. The first-order chi connectivity index (χ1) is 16.0. The predicted octanol–water partition coefficient (Wildman–Crippen LogP) is 5.32. The van der Waals surface area contributed by atoms with Crippen molar-refractivity contribution in [2.24, 2.45) is 0 Å². The molecule has 4 rings (SSSR count). The van der Waals surface area contributed by atoms with Gasteiger partial charge in [-0.05, 0) is 48.2 Å². The van der Waals surface area contributed by atoms with Gasteiger partial charge < -0.3 is 14.7 Å². The van der Waals surface area contributed by atoms with Crippen LogP contribution in [0.2, 0.25) is 5.02 Å². The van der Waals surface area contributed by atoms with Crippen molar-refractivity contribution in [1.29, 1.82) is 5.26 Å². The highest BCUT2D eigenvalue weighted by molar-refractivity contribution is 6.31. The summed E-state index contributed by atoms with van der Waals surface area (Å²) in [7, 11) is 1.51. The van der Waals surface area contributed by atoms with Crippen LogP contribution in [0, 0.1) is 11.3 Å². The number of benzene rings is 3. The van der Waals surface area contributed by atoms with E-state index in [1.807, 2.05) is 18.2 Å². The monoisotopic (exact) mass is 460 g/mol. The van der Waals surface area contributed by atoms with Crippen LogP contribution in [0.4, 0.5) is 0 Å². The second kappa shape index (κ2) is 9.35. The second-order valence-corrected chi connectivity index (χ2v) is 8.16. The Morgan fingerprint density at radius 2 is 1.79 bits per heavy atom. The Hall–Kier alpha value is -3.82. The molecule has 0 aliphatic carbocycles. The van der Waals surface area contributed by atoms with Crippen molar-refractivity contribution in [3.8, 4) is 22.9 Å². The zero-order valence-corrected chi connectivity index (χ0v) is 18.6. The van der Waals surface area contributed by atoms with E-state index in [1.54, 1.807) is 48.5 Å². The van der Waals surface area contributed by atoms with Crippen molar-refractivity contribution in [3.63, 3.8) is 0 Å². The highest BCUT2D eigenvalue weighted by Crippen LogP contribution is 2.40. The lowest BCUT2D eigenvalue weighted by Gasteiger charge is -2.29. The fourth-order valence-corrected chi connectivity index (χ4v) is 4.66. The van der Waals surface area contributed by atoms with Crippen LogP contribution in [0.5, 0.6) is 5.75 Å². The fraction of sp³-hybridized carbons (Fsp3) is 0.192. The molecule has 1 amide bonds. The molecule has 0 radical (unpaired) electrons. The van der Waals surface area contributed by atoms with E-state index in [1.165, 1.54) is 12.0 Å². The van der Waals surface area contributed by atoms with E-state index in [0.29, 0.717) is 34.7 Å². The molecule has 1 N–H and O–H groups in total. The normalized spacial score (nSPS) is 17.4. The summed E-state index contributed by atoms with van der Waals surface area (Å²) in [6, 6.07) is 20.1. The number of amides is 1. The summed E-state index contributed by atoms with van der Waals surface area (Å²) in [5, 5.41) is 19.6. The molecule has 166 valence electrons. The summed E-state index contributed by atoms with van der Waals surface area (Å²) in [5.74, 6) is -0.940. The minimum absolute atomic E-state index is 0.354. The average Bonchev–Trinajstić information content (AvgIpc) is 3.28. The molecule has 1 aliphatic rings. The topological polar surface area (TPSA) is 90.6 Å². The van der Waals surface area contributed by atoms with Crippen LogP contribution in [0.25, 0.3) is 11.1 Å². The third kappa shape index (κ3) is 4.15. The summed E-state index contributed by atoms with van der Waals surface area (Å²) in [6.45, 7) is 0. The van der Waals surface area contributed by atoms with Crippen molar-refractivity contribution in [2.45, 2.75) is 24.9 Å². The van der Waals surface area contributed by atoms with E-state index in [4.69, 9.17) is 16.3 Å². The van der Waals surface area contributed by atoms with Gasteiger partial charge in [0.05, 0.1) is 18.7 Å². The van der Waals surface area contributed by atoms with E-state index in [2.05, 4.69) is 6.07 Å².